The van der Waals surface area contributed by atoms with Gasteiger partial charge in [0.1, 0.15) is 0 Å². The Morgan fingerprint density at radius 1 is 1.37 bits per heavy atom. The van der Waals surface area contributed by atoms with Crippen molar-refractivity contribution in [1.29, 1.82) is 0 Å². The van der Waals surface area contributed by atoms with Crippen molar-refractivity contribution in [3.8, 4) is 11.3 Å². The molecule has 19 heavy (non-hydrogen) atoms. The molecule has 1 aromatic heterocycles. The number of hydrogen-bond acceptors (Lipinski definition) is 5. The Balaban J connectivity index is 2.58. The van der Waals surface area contributed by atoms with Gasteiger partial charge in [-0.05, 0) is 12.1 Å². The fraction of sp³-hybridized carbons (Fsp3) is 0.0833. The standard InChI is InChI=1S/C12H9F2N3O2/c1-19-12(18)10-11(15)16-5-8(17-10)6-3-2-4-7(13)9(6)14/h2-5H,1H3,(H2,15,16). The smallest absolute Gasteiger partial charge is 0.360 e. The molecule has 1 heterocycles. The third kappa shape index (κ3) is 2.35. The molecule has 7 heteroatoms. The van der Waals surface area contributed by atoms with E-state index in [-0.39, 0.29) is 22.8 Å². The van der Waals surface area contributed by atoms with Gasteiger partial charge in [0.05, 0.1) is 19.0 Å². The van der Waals surface area contributed by atoms with Crippen LogP contribution in [-0.2, 0) is 4.74 Å². The Bertz CT molecular complexity index is 647. The number of anilines is 1. The van der Waals surface area contributed by atoms with Gasteiger partial charge in [-0.25, -0.2) is 23.5 Å². The fourth-order valence-electron chi connectivity index (χ4n) is 1.48. The molecule has 0 radical (unpaired) electrons. The molecule has 2 aromatic rings. The van der Waals surface area contributed by atoms with Gasteiger partial charge < -0.3 is 10.5 Å². The maximum absolute atomic E-state index is 13.6. The van der Waals surface area contributed by atoms with E-state index in [1.165, 1.54) is 12.1 Å². The number of ether oxygens (including phenoxy) is 1. The van der Waals surface area contributed by atoms with Crippen LogP contribution in [0.1, 0.15) is 10.5 Å². The molecule has 0 fully saturated rings. The molecule has 2 rings (SSSR count). The van der Waals surface area contributed by atoms with E-state index < -0.39 is 17.6 Å². The molecule has 0 saturated carbocycles. The Labute approximate surface area is 107 Å². The zero-order valence-electron chi connectivity index (χ0n) is 9.85. The maximum Gasteiger partial charge on any atom is 0.360 e. The Morgan fingerprint density at radius 3 is 2.79 bits per heavy atom. The molecule has 0 spiro atoms. The lowest BCUT2D eigenvalue weighted by Gasteiger charge is -2.06. The molecule has 2 N–H and O–H groups in total. The Kier molecular flexibility index (Phi) is 3.37. The van der Waals surface area contributed by atoms with Gasteiger partial charge >= 0.3 is 5.97 Å². The highest BCUT2D eigenvalue weighted by atomic mass is 19.2. The molecular formula is C12H9F2N3O2. The number of nitrogens with zero attached hydrogens (tertiary/aromatic N) is 2. The summed E-state index contributed by atoms with van der Waals surface area (Å²) in [6.45, 7) is 0. The molecule has 0 bridgehead atoms. The quantitative estimate of drug-likeness (QED) is 0.837. The third-order valence-electron chi connectivity index (χ3n) is 2.41. The maximum atomic E-state index is 13.6. The van der Waals surface area contributed by atoms with Crippen molar-refractivity contribution in [3.63, 3.8) is 0 Å². The van der Waals surface area contributed by atoms with Gasteiger partial charge in [-0.2, -0.15) is 0 Å². The summed E-state index contributed by atoms with van der Waals surface area (Å²) < 4.78 is 31.2. The summed E-state index contributed by atoms with van der Waals surface area (Å²) >= 11 is 0. The number of aromatic nitrogens is 2. The van der Waals surface area contributed by atoms with E-state index >= 15 is 0 Å². The first kappa shape index (κ1) is 12.9. The van der Waals surface area contributed by atoms with Crippen LogP contribution in [0.5, 0.6) is 0 Å². The van der Waals surface area contributed by atoms with Crippen LogP contribution in [0.4, 0.5) is 14.6 Å². The van der Waals surface area contributed by atoms with Crippen LogP contribution in [-0.4, -0.2) is 23.0 Å². The van der Waals surface area contributed by atoms with Crippen LogP contribution < -0.4 is 5.73 Å². The number of rotatable bonds is 2. The van der Waals surface area contributed by atoms with Crippen molar-refractivity contribution in [2.24, 2.45) is 0 Å². The minimum atomic E-state index is -1.07. The van der Waals surface area contributed by atoms with Crippen molar-refractivity contribution in [3.05, 3.63) is 41.7 Å². The fourth-order valence-corrected chi connectivity index (χ4v) is 1.48. The largest absolute Gasteiger partial charge is 0.464 e. The molecule has 0 aliphatic rings. The van der Waals surface area contributed by atoms with Gasteiger partial charge in [0.25, 0.3) is 0 Å². The minimum absolute atomic E-state index is 0.00778. The number of hydrogen-bond donors (Lipinski definition) is 1. The lowest BCUT2D eigenvalue weighted by atomic mass is 10.1. The molecule has 0 amide bonds. The molecular weight excluding hydrogens is 256 g/mol. The van der Waals surface area contributed by atoms with E-state index in [9.17, 15) is 13.6 Å². The first-order valence-corrected chi connectivity index (χ1v) is 5.19. The highest BCUT2D eigenvalue weighted by Crippen LogP contribution is 2.23. The summed E-state index contributed by atoms with van der Waals surface area (Å²) in [4.78, 5) is 19.0. The van der Waals surface area contributed by atoms with E-state index in [1.807, 2.05) is 0 Å². The number of nitrogens with two attached hydrogens (primary N) is 1. The minimum Gasteiger partial charge on any atom is -0.464 e. The topological polar surface area (TPSA) is 78.1 Å². The van der Waals surface area contributed by atoms with Crippen molar-refractivity contribution >= 4 is 11.8 Å². The second kappa shape index (κ2) is 4.97. The number of carbonyl (C=O) groups is 1. The van der Waals surface area contributed by atoms with Crippen LogP contribution in [0.3, 0.4) is 0 Å². The van der Waals surface area contributed by atoms with Crippen molar-refractivity contribution < 1.29 is 18.3 Å². The van der Waals surface area contributed by atoms with E-state index in [4.69, 9.17) is 5.73 Å². The molecule has 0 atom stereocenters. The highest BCUT2D eigenvalue weighted by molar-refractivity contribution is 5.92. The van der Waals surface area contributed by atoms with E-state index in [2.05, 4.69) is 14.7 Å². The van der Waals surface area contributed by atoms with Gasteiger partial charge in [-0.1, -0.05) is 6.07 Å². The van der Waals surface area contributed by atoms with Gasteiger partial charge in [-0.15, -0.1) is 0 Å². The third-order valence-corrected chi connectivity index (χ3v) is 2.41. The van der Waals surface area contributed by atoms with Crippen LogP contribution in [0.15, 0.2) is 24.4 Å². The molecule has 98 valence electrons. The number of halogens is 2. The predicted octanol–water partition coefficient (Wildman–Crippen LogP) is 1.79. The lowest BCUT2D eigenvalue weighted by Crippen LogP contribution is -2.11. The summed E-state index contributed by atoms with van der Waals surface area (Å²) in [5.74, 6) is -3.04. The molecule has 0 saturated heterocycles. The summed E-state index contributed by atoms with van der Waals surface area (Å²) in [6.07, 6.45) is 1.15. The second-order valence-electron chi connectivity index (χ2n) is 3.58. The molecule has 5 nitrogen and oxygen atoms in total. The summed E-state index contributed by atoms with van der Waals surface area (Å²) in [6, 6.07) is 3.62. The SMILES string of the molecule is COC(=O)c1nc(-c2cccc(F)c2F)cnc1N. The number of nitrogen functional groups attached to an aromatic ring is 1. The van der Waals surface area contributed by atoms with E-state index in [1.54, 1.807) is 0 Å². The van der Waals surface area contributed by atoms with E-state index in [0.29, 0.717) is 0 Å². The van der Waals surface area contributed by atoms with Crippen LogP contribution >= 0.6 is 0 Å². The van der Waals surface area contributed by atoms with Crippen LogP contribution in [0.25, 0.3) is 11.3 Å². The lowest BCUT2D eigenvalue weighted by molar-refractivity contribution is 0.0595. The zero-order valence-corrected chi connectivity index (χ0v) is 9.85. The Morgan fingerprint density at radius 2 is 2.11 bits per heavy atom. The molecule has 0 aliphatic heterocycles. The average Bonchev–Trinajstić information content (AvgIpc) is 2.42. The zero-order chi connectivity index (χ0) is 14.0. The summed E-state index contributed by atoms with van der Waals surface area (Å²) in [5, 5.41) is 0. The first-order chi connectivity index (χ1) is 9.04. The number of esters is 1. The van der Waals surface area contributed by atoms with Gasteiger partial charge in [0.2, 0.25) is 0 Å². The second-order valence-corrected chi connectivity index (χ2v) is 3.58. The molecule has 0 unspecified atom stereocenters. The van der Waals surface area contributed by atoms with Gasteiger partial charge in [-0.3, -0.25) is 0 Å². The van der Waals surface area contributed by atoms with E-state index in [0.717, 1.165) is 19.4 Å². The van der Waals surface area contributed by atoms with Crippen LogP contribution in [0.2, 0.25) is 0 Å². The Hall–Kier alpha value is -2.57. The predicted molar refractivity (Wildman–Crippen MR) is 63.1 cm³/mol. The number of methoxy groups -OCH3 is 1. The monoisotopic (exact) mass is 265 g/mol. The van der Waals surface area contributed by atoms with Gasteiger partial charge in [0, 0.05) is 5.56 Å². The highest BCUT2D eigenvalue weighted by Gasteiger charge is 2.17. The molecule has 0 aliphatic carbocycles. The molecule has 1 aromatic carbocycles. The summed E-state index contributed by atoms with van der Waals surface area (Å²) in [5.41, 5.74) is 5.10. The summed E-state index contributed by atoms with van der Waals surface area (Å²) in [7, 11) is 1.15. The first-order valence-electron chi connectivity index (χ1n) is 5.19. The normalized spacial score (nSPS) is 10.3. The van der Waals surface area contributed by atoms with Crippen molar-refractivity contribution in [1.82, 2.24) is 9.97 Å². The number of benzene rings is 1. The van der Waals surface area contributed by atoms with Crippen molar-refractivity contribution in [2.45, 2.75) is 0 Å². The average molecular weight is 265 g/mol. The van der Waals surface area contributed by atoms with Crippen LogP contribution in [0, 0.1) is 11.6 Å². The van der Waals surface area contributed by atoms with Crippen molar-refractivity contribution in [2.75, 3.05) is 12.8 Å². The van der Waals surface area contributed by atoms with Gasteiger partial charge in [0.15, 0.2) is 23.1 Å². The number of carbonyl (C=O) groups excluding carboxylic acids is 1.